The standard InChI is InChI=1S/C17H19FN2O6/c1-10-6-15(21)11(12(10)8-20(24)25)7-17(23)26-9-16(22)19-14-5-3-2-4-13(14)18/h2-5,10-12H,6-9H2,1H3,(H,19,22)/t10-,11-,12-/m1/s1. The summed E-state index contributed by atoms with van der Waals surface area (Å²) in [6.45, 7) is 0.710. The number of nitrogens with zero attached hydrogens (tertiary/aromatic N) is 1. The summed E-state index contributed by atoms with van der Waals surface area (Å²) >= 11 is 0. The number of anilines is 1. The van der Waals surface area contributed by atoms with E-state index in [-0.39, 0.29) is 30.2 Å². The zero-order chi connectivity index (χ0) is 19.3. The minimum absolute atomic E-state index is 0.0422. The number of halogens is 1. The van der Waals surface area contributed by atoms with Crippen LogP contribution in [0.25, 0.3) is 0 Å². The van der Waals surface area contributed by atoms with Crippen LogP contribution in [0.3, 0.4) is 0 Å². The van der Waals surface area contributed by atoms with Gasteiger partial charge in [-0.15, -0.1) is 0 Å². The third kappa shape index (κ3) is 5.08. The fraction of sp³-hybridized carbons (Fsp3) is 0.471. The number of para-hydroxylation sites is 1. The number of hydrogen-bond acceptors (Lipinski definition) is 6. The molecule has 0 unspecified atom stereocenters. The maximum absolute atomic E-state index is 13.4. The zero-order valence-electron chi connectivity index (χ0n) is 14.1. The molecule has 0 heterocycles. The molecule has 0 spiro atoms. The van der Waals surface area contributed by atoms with Gasteiger partial charge in [0.15, 0.2) is 6.61 Å². The van der Waals surface area contributed by atoms with Crippen molar-refractivity contribution in [2.45, 2.75) is 19.8 Å². The monoisotopic (exact) mass is 366 g/mol. The lowest BCUT2D eigenvalue weighted by atomic mass is 9.88. The molecule has 3 atom stereocenters. The Kier molecular flexibility index (Phi) is 6.37. The van der Waals surface area contributed by atoms with Gasteiger partial charge in [-0.25, -0.2) is 4.39 Å². The number of carbonyl (C=O) groups is 3. The molecule has 26 heavy (non-hydrogen) atoms. The average molecular weight is 366 g/mol. The highest BCUT2D eigenvalue weighted by atomic mass is 19.1. The summed E-state index contributed by atoms with van der Waals surface area (Å²) in [5.41, 5.74) is -0.0422. The molecule has 9 heteroatoms. The summed E-state index contributed by atoms with van der Waals surface area (Å²) < 4.78 is 18.3. The van der Waals surface area contributed by atoms with Crippen LogP contribution in [-0.4, -0.2) is 35.7 Å². The fourth-order valence-corrected chi connectivity index (χ4v) is 3.13. The van der Waals surface area contributed by atoms with E-state index in [0.29, 0.717) is 0 Å². The van der Waals surface area contributed by atoms with Gasteiger partial charge in [0.1, 0.15) is 11.6 Å². The maximum atomic E-state index is 13.4. The number of carbonyl (C=O) groups excluding carboxylic acids is 3. The van der Waals surface area contributed by atoms with Gasteiger partial charge in [0, 0.05) is 23.2 Å². The number of ketones is 1. The molecule has 2 rings (SSSR count). The third-order valence-corrected chi connectivity index (χ3v) is 4.44. The topological polar surface area (TPSA) is 116 Å². The van der Waals surface area contributed by atoms with Crippen LogP contribution in [0.1, 0.15) is 19.8 Å². The Morgan fingerprint density at radius 1 is 1.38 bits per heavy atom. The van der Waals surface area contributed by atoms with E-state index in [4.69, 9.17) is 4.74 Å². The zero-order valence-corrected chi connectivity index (χ0v) is 14.1. The van der Waals surface area contributed by atoms with E-state index in [9.17, 15) is 28.9 Å². The van der Waals surface area contributed by atoms with Crippen molar-refractivity contribution in [3.63, 3.8) is 0 Å². The van der Waals surface area contributed by atoms with Crippen molar-refractivity contribution >= 4 is 23.3 Å². The Bertz CT molecular complexity index is 723. The number of Topliss-reactive ketones (excluding diaryl/α,β-unsaturated/α-hetero) is 1. The van der Waals surface area contributed by atoms with E-state index in [0.717, 1.165) is 0 Å². The lowest BCUT2D eigenvalue weighted by Gasteiger charge is -2.17. The van der Waals surface area contributed by atoms with Gasteiger partial charge in [0.25, 0.3) is 5.91 Å². The van der Waals surface area contributed by atoms with Crippen molar-refractivity contribution in [3.8, 4) is 0 Å². The van der Waals surface area contributed by atoms with Crippen LogP contribution in [0, 0.1) is 33.7 Å². The molecule has 1 aromatic carbocycles. The highest BCUT2D eigenvalue weighted by Crippen LogP contribution is 2.36. The van der Waals surface area contributed by atoms with E-state index in [2.05, 4.69) is 5.32 Å². The van der Waals surface area contributed by atoms with Gasteiger partial charge < -0.3 is 10.1 Å². The molecule has 0 radical (unpaired) electrons. The average Bonchev–Trinajstić information content (AvgIpc) is 2.81. The maximum Gasteiger partial charge on any atom is 0.307 e. The number of nitrogens with one attached hydrogen (secondary N) is 1. The summed E-state index contributed by atoms with van der Waals surface area (Å²) in [5, 5.41) is 13.0. The number of esters is 1. The molecule has 1 aliphatic rings. The molecule has 1 N–H and O–H groups in total. The second-order valence-corrected chi connectivity index (χ2v) is 6.33. The minimum Gasteiger partial charge on any atom is -0.456 e. The summed E-state index contributed by atoms with van der Waals surface area (Å²) in [4.78, 5) is 45.9. The highest BCUT2D eigenvalue weighted by molar-refractivity contribution is 5.93. The molecule has 1 saturated carbocycles. The van der Waals surface area contributed by atoms with Crippen LogP contribution >= 0.6 is 0 Å². The highest BCUT2D eigenvalue weighted by Gasteiger charge is 2.44. The molecule has 0 aliphatic heterocycles. The van der Waals surface area contributed by atoms with Crippen molar-refractivity contribution < 1.29 is 28.4 Å². The van der Waals surface area contributed by atoms with Crippen LogP contribution in [0.15, 0.2) is 24.3 Å². The summed E-state index contributed by atoms with van der Waals surface area (Å²) in [5.74, 6) is -3.85. The SMILES string of the molecule is C[C@@H]1CC(=O)[C@H](CC(=O)OCC(=O)Nc2ccccc2F)[C@@H]1C[N+](=O)[O-]. The van der Waals surface area contributed by atoms with E-state index < -0.39 is 47.6 Å². The lowest BCUT2D eigenvalue weighted by molar-refractivity contribution is -0.490. The second-order valence-electron chi connectivity index (χ2n) is 6.33. The number of nitro groups is 1. The predicted octanol–water partition coefficient (Wildman–Crippen LogP) is 1.82. The van der Waals surface area contributed by atoms with Crippen LogP contribution < -0.4 is 5.32 Å². The molecule has 0 bridgehead atoms. The molecule has 1 aliphatic carbocycles. The predicted molar refractivity (Wildman–Crippen MR) is 88.2 cm³/mol. The molecular weight excluding hydrogens is 347 g/mol. The van der Waals surface area contributed by atoms with Crippen molar-refractivity contribution in [3.05, 3.63) is 40.2 Å². The number of benzene rings is 1. The van der Waals surface area contributed by atoms with Crippen molar-refractivity contribution in [1.29, 1.82) is 0 Å². The van der Waals surface area contributed by atoms with Gasteiger partial charge in [-0.1, -0.05) is 19.1 Å². The number of ether oxygens (including phenoxy) is 1. The minimum atomic E-state index is -0.797. The van der Waals surface area contributed by atoms with Gasteiger partial charge >= 0.3 is 5.97 Å². The van der Waals surface area contributed by atoms with E-state index in [1.165, 1.54) is 24.3 Å². The number of amides is 1. The Balaban J connectivity index is 1.85. The van der Waals surface area contributed by atoms with E-state index >= 15 is 0 Å². The molecule has 140 valence electrons. The van der Waals surface area contributed by atoms with Gasteiger partial charge in [-0.3, -0.25) is 24.5 Å². The van der Waals surface area contributed by atoms with Gasteiger partial charge in [0.05, 0.1) is 12.1 Å². The molecule has 1 amide bonds. The first-order valence-corrected chi connectivity index (χ1v) is 8.12. The second kappa shape index (κ2) is 8.50. The lowest BCUT2D eigenvalue weighted by Crippen LogP contribution is -2.28. The van der Waals surface area contributed by atoms with E-state index in [1.807, 2.05) is 0 Å². The fourth-order valence-electron chi connectivity index (χ4n) is 3.13. The number of hydrogen-bond donors (Lipinski definition) is 1. The largest absolute Gasteiger partial charge is 0.456 e. The first-order chi connectivity index (χ1) is 12.3. The molecule has 0 saturated heterocycles. The summed E-state index contributed by atoms with van der Waals surface area (Å²) in [7, 11) is 0. The van der Waals surface area contributed by atoms with Crippen LogP contribution in [0.2, 0.25) is 0 Å². The first kappa shape index (κ1) is 19.5. The Morgan fingerprint density at radius 3 is 2.73 bits per heavy atom. The van der Waals surface area contributed by atoms with E-state index in [1.54, 1.807) is 6.92 Å². The summed E-state index contributed by atoms with van der Waals surface area (Å²) in [6, 6.07) is 5.53. The summed E-state index contributed by atoms with van der Waals surface area (Å²) in [6.07, 6.45) is -0.126. The molecule has 1 aromatic rings. The normalized spacial score (nSPS) is 22.1. The van der Waals surface area contributed by atoms with Gasteiger partial charge in [0.2, 0.25) is 6.54 Å². The van der Waals surface area contributed by atoms with Gasteiger partial charge in [-0.05, 0) is 18.1 Å². The van der Waals surface area contributed by atoms with Gasteiger partial charge in [-0.2, -0.15) is 0 Å². The van der Waals surface area contributed by atoms with Crippen molar-refractivity contribution in [2.24, 2.45) is 17.8 Å². The third-order valence-electron chi connectivity index (χ3n) is 4.44. The van der Waals surface area contributed by atoms with Crippen LogP contribution in [0.5, 0.6) is 0 Å². The first-order valence-electron chi connectivity index (χ1n) is 8.12. The molecule has 8 nitrogen and oxygen atoms in total. The van der Waals surface area contributed by atoms with Crippen molar-refractivity contribution in [1.82, 2.24) is 0 Å². The quantitative estimate of drug-likeness (QED) is 0.447. The van der Waals surface area contributed by atoms with Crippen molar-refractivity contribution in [2.75, 3.05) is 18.5 Å². The molecular formula is C17H19FN2O6. The molecule has 0 aromatic heterocycles. The number of rotatable bonds is 7. The Hall–Kier alpha value is -2.84. The smallest absolute Gasteiger partial charge is 0.307 e. The Labute approximate surface area is 148 Å². The Morgan fingerprint density at radius 2 is 2.08 bits per heavy atom. The van der Waals surface area contributed by atoms with Crippen LogP contribution in [-0.2, 0) is 19.1 Å². The molecule has 1 fully saturated rings. The van der Waals surface area contributed by atoms with Crippen LogP contribution in [0.4, 0.5) is 10.1 Å².